The molecule has 3 aromatic heterocycles. The van der Waals surface area contributed by atoms with E-state index in [1.807, 2.05) is 53.9 Å². The molecule has 286 valence electrons. The van der Waals surface area contributed by atoms with Gasteiger partial charge in [-0.2, -0.15) is 0 Å². The largest absolute Gasteiger partial charge is 0.471 e. The van der Waals surface area contributed by atoms with Crippen LogP contribution in [-0.2, 0) is 24.4 Å². The van der Waals surface area contributed by atoms with Crippen molar-refractivity contribution in [3.05, 3.63) is 78.2 Å². The van der Waals surface area contributed by atoms with Crippen LogP contribution in [0.25, 0.3) is 21.6 Å². The van der Waals surface area contributed by atoms with Crippen LogP contribution in [0.2, 0.25) is 0 Å². The van der Waals surface area contributed by atoms with E-state index in [1.54, 1.807) is 0 Å². The molecule has 0 radical (unpaired) electrons. The van der Waals surface area contributed by atoms with E-state index in [9.17, 15) is 27.6 Å². The van der Waals surface area contributed by atoms with Gasteiger partial charge in [0.05, 0.1) is 33.9 Å². The molecule has 3 N–H and O–H groups in total. The standard InChI is InChI=1S/C38H40N8O7S2/c47-33(29-21-39-16-17-40-29)42-28-12-5-3-1-2-4-9-23-20-38(23,37(50)45-55(51,52)25-14-15-25)44-34(48)30-19-24(22-46(30)36(28)49)53-35-32(31-13-8-18-54-31)41-26-10-6-7-11-27(26)43-35/h4,6-11,13,16-18,21,23-25,28,30H,1-3,5,12,14-15,19-20,22H2,(H,42,47)(H,44,48)(H,45,50)/b9-4-/t23?,24-,28+,30+,38-/m1/s1. The number of aromatic nitrogens is 4. The third-order valence-electron chi connectivity index (χ3n) is 10.5. The predicted molar refractivity (Wildman–Crippen MR) is 202 cm³/mol. The smallest absolute Gasteiger partial charge is 0.272 e. The summed E-state index contributed by atoms with van der Waals surface area (Å²) >= 11 is 1.47. The first-order chi connectivity index (χ1) is 26.6. The number of thiophene rings is 1. The number of carbonyl (C=O) groups excluding carboxylic acids is 4. The zero-order valence-corrected chi connectivity index (χ0v) is 31.4. The van der Waals surface area contributed by atoms with Crippen molar-refractivity contribution in [3.8, 4) is 16.5 Å². The van der Waals surface area contributed by atoms with Crippen molar-refractivity contribution in [2.75, 3.05) is 6.54 Å². The average molecular weight is 785 g/mol. The Balaban J connectivity index is 1.12. The predicted octanol–water partition coefficient (Wildman–Crippen LogP) is 3.30. The van der Waals surface area contributed by atoms with Crippen LogP contribution in [0.5, 0.6) is 5.88 Å². The Bertz CT molecular complexity index is 2250. The minimum absolute atomic E-state index is 0.0271. The first kappa shape index (κ1) is 36.7. The second-order valence-corrected chi connectivity index (χ2v) is 17.4. The number of amides is 4. The minimum atomic E-state index is -3.90. The molecule has 2 saturated carbocycles. The Labute approximate surface area is 321 Å². The van der Waals surface area contributed by atoms with Gasteiger partial charge in [0, 0.05) is 24.7 Å². The highest BCUT2D eigenvalue weighted by atomic mass is 32.2. The van der Waals surface area contributed by atoms with E-state index in [4.69, 9.17) is 14.7 Å². The Hall–Kier alpha value is -5.29. The topological polar surface area (TPSA) is 203 Å². The van der Waals surface area contributed by atoms with Gasteiger partial charge in [-0.15, -0.1) is 11.3 Å². The van der Waals surface area contributed by atoms with Gasteiger partial charge in [-0.05, 0) is 62.1 Å². The number of para-hydroxylation sites is 2. The van der Waals surface area contributed by atoms with E-state index < -0.39 is 68.5 Å². The van der Waals surface area contributed by atoms with Crippen molar-refractivity contribution in [1.82, 2.24) is 40.2 Å². The van der Waals surface area contributed by atoms with E-state index in [0.717, 1.165) is 17.7 Å². The van der Waals surface area contributed by atoms with Gasteiger partial charge in [0.15, 0.2) is 0 Å². The molecule has 8 rings (SSSR count). The summed E-state index contributed by atoms with van der Waals surface area (Å²) in [6, 6.07) is 9.05. The Morgan fingerprint density at radius 2 is 1.82 bits per heavy atom. The van der Waals surface area contributed by atoms with Crippen LogP contribution >= 0.6 is 11.3 Å². The molecule has 4 aliphatic rings. The summed E-state index contributed by atoms with van der Waals surface area (Å²) in [6.07, 6.45) is 11.5. The molecule has 0 spiro atoms. The van der Waals surface area contributed by atoms with Crippen LogP contribution < -0.4 is 20.1 Å². The van der Waals surface area contributed by atoms with Crippen LogP contribution in [-0.4, -0.2) is 92.4 Å². The monoisotopic (exact) mass is 784 g/mol. The molecule has 3 fully saturated rings. The number of sulfonamides is 1. The third kappa shape index (κ3) is 7.80. The number of ether oxygens (including phenoxy) is 1. The molecule has 15 nitrogen and oxygen atoms in total. The van der Waals surface area contributed by atoms with Gasteiger partial charge < -0.3 is 20.3 Å². The fourth-order valence-corrected chi connectivity index (χ4v) is 9.36. The lowest BCUT2D eigenvalue weighted by atomic mass is 10.0. The van der Waals surface area contributed by atoms with Crippen molar-refractivity contribution >= 4 is 56.0 Å². The highest BCUT2D eigenvalue weighted by molar-refractivity contribution is 7.91. The summed E-state index contributed by atoms with van der Waals surface area (Å²) in [7, 11) is -3.90. The zero-order valence-electron chi connectivity index (χ0n) is 29.8. The van der Waals surface area contributed by atoms with Crippen molar-refractivity contribution in [1.29, 1.82) is 0 Å². The summed E-state index contributed by atoms with van der Waals surface area (Å²) in [4.78, 5) is 76.1. The molecule has 2 aliphatic heterocycles. The van der Waals surface area contributed by atoms with Crippen molar-refractivity contribution in [3.63, 3.8) is 0 Å². The van der Waals surface area contributed by atoms with E-state index in [0.29, 0.717) is 48.8 Å². The summed E-state index contributed by atoms with van der Waals surface area (Å²) in [5, 5.41) is 7.00. The lowest BCUT2D eigenvalue weighted by molar-refractivity contribution is -0.141. The summed E-state index contributed by atoms with van der Waals surface area (Å²) in [5.74, 6) is -2.71. The number of rotatable bonds is 8. The quantitative estimate of drug-likeness (QED) is 0.221. The molecule has 17 heteroatoms. The van der Waals surface area contributed by atoms with Crippen molar-refractivity contribution < 1.29 is 32.3 Å². The second kappa shape index (κ2) is 15.1. The summed E-state index contributed by atoms with van der Waals surface area (Å²) in [6.45, 7) is -0.0363. The van der Waals surface area contributed by atoms with E-state index in [2.05, 4.69) is 25.3 Å². The Kier molecular flexibility index (Phi) is 10.1. The fraction of sp³-hybridized carbons (Fsp3) is 0.421. The number of fused-ring (bicyclic) bond motifs is 3. The molecule has 1 saturated heterocycles. The maximum absolute atomic E-state index is 14.6. The molecule has 4 aromatic rings. The number of allylic oxidation sites excluding steroid dienone is 1. The zero-order chi connectivity index (χ0) is 38.2. The molecule has 5 heterocycles. The average Bonchev–Trinajstić information content (AvgIpc) is 4.05. The Morgan fingerprint density at radius 3 is 2.56 bits per heavy atom. The Morgan fingerprint density at radius 1 is 1.00 bits per heavy atom. The van der Waals surface area contributed by atoms with Gasteiger partial charge in [0.25, 0.3) is 11.8 Å². The maximum atomic E-state index is 14.6. The molecular weight excluding hydrogens is 745 g/mol. The first-order valence-electron chi connectivity index (χ1n) is 18.5. The molecule has 1 unspecified atom stereocenters. The van der Waals surface area contributed by atoms with Gasteiger partial charge in [-0.25, -0.2) is 23.4 Å². The number of benzene rings is 1. The highest BCUT2D eigenvalue weighted by Crippen LogP contribution is 2.46. The fourth-order valence-electron chi connectivity index (χ4n) is 7.29. The highest BCUT2D eigenvalue weighted by Gasteiger charge is 2.62. The van der Waals surface area contributed by atoms with Crippen molar-refractivity contribution in [2.45, 2.75) is 86.8 Å². The molecule has 2 aliphatic carbocycles. The van der Waals surface area contributed by atoms with Crippen LogP contribution in [0, 0.1) is 5.92 Å². The number of nitrogens with one attached hydrogen (secondary N) is 3. The van der Waals surface area contributed by atoms with Gasteiger partial charge in [-0.1, -0.05) is 43.2 Å². The van der Waals surface area contributed by atoms with Crippen LogP contribution in [0.3, 0.4) is 0 Å². The molecular formula is C38H40N8O7S2. The van der Waals surface area contributed by atoms with Gasteiger partial charge >= 0.3 is 0 Å². The molecule has 0 bridgehead atoms. The molecule has 4 amide bonds. The lowest BCUT2D eigenvalue weighted by Gasteiger charge is -2.29. The normalized spacial score (nSPS) is 26.4. The third-order valence-corrected chi connectivity index (χ3v) is 13.2. The van der Waals surface area contributed by atoms with E-state index in [1.165, 1.54) is 34.8 Å². The minimum Gasteiger partial charge on any atom is -0.471 e. The number of hydrogen-bond donors (Lipinski definition) is 3. The van der Waals surface area contributed by atoms with Crippen LogP contribution in [0.1, 0.15) is 68.3 Å². The first-order valence-corrected chi connectivity index (χ1v) is 20.9. The molecule has 5 atom stereocenters. The second-order valence-electron chi connectivity index (χ2n) is 14.5. The van der Waals surface area contributed by atoms with E-state index in [-0.39, 0.29) is 31.0 Å². The van der Waals surface area contributed by atoms with Crippen molar-refractivity contribution in [2.24, 2.45) is 5.92 Å². The maximum Gasteiger partial charge on any atom is 0.272 e. The van der Waals surface area contributed by atoms with Crippen LogP contribution in [0.15, 0.2) is 72.5 Å². The van der Waals surface area contributed by atoms with E-state index >= 15 is 0 Å². The van der Waals surface area contributed by atoms with Crippen LogP contribution in [0.4, 0.5) is 0 Å². The van der Waals surface area contributed by atoms with Gasteiger partial charge in [0.2, 0.25) is 27.7 Å². The van der Waals surface area contributed by atoms with Gasteiger partial charge in [-0.3, -0.25) is 28.9 Å². The molecule has 55 heavy (non-hydrogen) atoms. The molecule has 1 aromatic carbocycles. The number of hydrogen-bond acceptors (Lipinski definition) is 12. The summed E-state index contributed by atoms with van der Waals surface area (Å²) < 4.78 is 34.5. The SMILES string of the molecule is O=C(N[C@H]1CCCCC/C=C\C2C[C@@]2(C(=O)NS(=O)(=O)C2CC2)NC(=O)[C@@H]2C[C@@H](Oc3nc4ccccc4nc3-c3cccs3)CN2C1=O)c1cnccn1. The number of carbonyl (C=O) groups is 4. The lowest BCUT2D eigenvalue weighted by Crippen LogP contribution is -2.58. The number of nitrogens with zero attached hydrogens (tertiary/aromatic N) is 5. The summed E-state index contributed by atoms with van der Waals surface area (Å²) in [5.41, 5.74) is 0.322. The van der Waals surface area contributed by atoms with Gasteiger partial charge in [0.1, 0.15) is 35.1 Å².